The van der Waals surface area contributed by atoms with Crippen molar-refractivity contribution in [1.29, 1.82) is 0 Å². The van der Waals surface area contributed by atoms with Crippen LogP contribution in [0.3, 0.4) is 0 Å². The van der Waals surface area contributed by atoms with Crippen molar-refractivity contribution >= 4 is 5.97 Å². The molecule has 0 N–H and O–H groups in total. The molecule has 0 aliphatic carbocycles. The molecule has 1 heterocycles. The zero-order chi connectivity index (χ0) is 10.4. The van der Waals surface area contributed by atoms with E-state index in [0.717, 1.165) is 12.1 Å². The highest BCUT2D eigenvalue weighted by molar-refractivity contribution is 5.77. The molecule has 0 aromatic carbocycles. The third kappa shape index (κ3) is 2.55. The first-order chi connectivity index (χ1) is 6.79. The van der Waals surface area contributed by atoms with Gasteiger partial charge in [-0.1, -0.05) is 13.0 Å². The van der Waals surface area contributed by atoms with Crippen LogP contribution in [-0.2, 0) is 9.53 Å². The molecule has 0 fully saturated rings. The summed E-state index contributed by atoms with van der Waals surface area (Å²) in [5.74, 6) is -0.412. The normalized spacial score (nSPS) is 12.1. The molecule has 1 aromatic rings. The van der Waals surface area contributed by atoms with Gasteiger partial charge in [0, 0.05) is 6.20 Å². The molecule has 1 aromatic heterocycles. The third-order valence-electron chi connectivity index (χ3n) is 2.02. The van der Waals surface area contributed by atoms with Crippen LogP contribution in [0.15, 0.2) is 24.4 Å². The highest BCUT2D eigenvalue weighted by Crippen LogP contribution is 2.18. The first-order valence-electron chi connectivity index (χ1n) is 4.87. The Bertz CT molecular complexity index is 285. The van der Waals surface area contributed by atoms with Crippen molar-refractivity contribution in [3.8, 4) is 0 Å². The van der Waals surface area contributed by atoms with E-state index in [1.54, 1.807) is 6.20 Å². The quantitative estimate of drug-likeness (QED) is 0.688. The van der Waals surface area contributed by atoms with Gasteiger partial charge in [0.05, 0.1) is 18.2 Å². The molecule has 14 heavy (non-hydrogen) atoms. The molecule has 3 nitrogen and oxygen atoms in total. The maximum Gasteiger partial charge on any atom is 0.315 e. The number of aromatic nitrogens is 1. The number of pyridine rings is 1. The second-order valence-corrected chi connectivity index (χ2v) is 2.97. The number of carbonyl (C=O) groups is 1. The number of nitrogens with zero attached hydrogens (tertiary/aromatic N) is 1. The summed E-state index contributed by atoms with van der Waals surface area (Å²) in [5.41, 5.74) is 0.786. The van der Waals surface area contributed by atoms with Gasteiger partial charge in [-0.25, -0.2) is 0 Å². The molecule has 0 saturated heterocycles. The lowest BCUT2D eigenvalue weighted by atomic mass is 10.0. The maximum atomic E-state index is 11.5. The van der Waals surface area contributed by atoms with Gasteiger partial charge in [0.1, 0.15) is 0 Å². The Morgan fingerprint density at radius 2 is 2.29 bits per heavy atom. The molecular formula is C11H15NO2. The fourth-order valence-corrected chi connectivity index (χ4v) is 1.32. The van der Waals surface area contributed by atoms with E-state index < -0.39 is 0 Å². The summed E-state index contributed by atoms with van der Waals surface area (Å²) in [4.78, 5) is 15.7. The fourth-order valence-electron chi connectivity index (χ4n) is 1.32. The van der Waals surface area contributed by atoms with Gasteiger partial charge >= 0.3 is 5.97 Å². The van der Waals surface area contributed by atoms with Gasteiger partial charge in [-0.15, -0.1) is 0 Å². The Balaban J connectivity index is 2.77. The minimum Gasteiger partial charge on any atom is -0.465 e. The molecule has 0 aliphatic rings. The topological polar surface area (TPSA) is 39.2 Å². The molecule has 3 heteroatoms. The zero-order valence-corrected chi connectivity index (χ0v) is 8.56. The van der Waals surface area contributed by atoms with E-state index in [0.29, 0.717) is 6.61 Å². The van der Waals surface area contributed by atoms with E-state index >= 15 is 0 Å². The smallest absolute Gasteiger partial charge is 0.315 e. The summed E-state index contributed by atoms with van der Waals surface area (Å²) in [6.45, 7) is 4.18. The van der Waals surface area contributed by atoms with Crippen LogP contribution in [0.5, 0.6) is 0 Å². The van der Waals surface area contributed by atoms with E-state index in [1.807, 2.05) is 32.0 Å². The predicted octanol–water partition coefficient (Wildman–Crippen LogP) is 2.14. The molecule has 1 atom stereocenters. The first kappa shape index (κ1) is 10.7. The molecule has 0 saturated carbocycles. The second-order valence-electron chi connectivity index (χ2n) is 2.97. The molecule has 0 radical (unpaired) electrons. The van der Waals surface area contributed by atoms with Crippen molar-refractivity contribution in [2.24, 2.45) is 0 Å². The average Bonchev–Trinajstić information content (AvgIpc) is 2.21. The largest absolute Gasteiger partial charge is 0.465 e. The Morgan fingerprint density at radius 3 is 2.79 bits per heavy atom. The summed E-state index contributed by atoms with van der Waals surface area (Å²) in [5, 5.41) is 0. The van der Waals surface area contributed by atoms with E-state index in [1.165, 1.54) is 0 Å². The van der Waals surface area contributed by atoms with E-state index in [9.17, 15) is 4.79 Å². The van der Waals surface area contributed by atoms with Crippen LogP contribution in [0.25, 0.3) is 0 Å². The van der Waals surface area contributed by atoms with Gasteiger partial charge < -0.3 is 4.74 Å². The lowest BCUT2D eigenvalue weighted by Crippen LogP contribution is -2.16. The highest BCUT2D eigenvalue weighted by atomic mass is 16.5. The number of rotatable bonds is 4. The number of hydrogen-bond acceptors (Lipinski definition) is 3. The summed E-state index contributed by atoms with van der Waals surface area (Å²) in [6.07, 6.45) is 2.41. The Morgan fingerprint density at radius 1 is 1.50 bits per heavy atom. The van der Waals surface area contributed by atoms with E-state index in [4.69, 9.17) is 4.74 Å². The van der Waals surface area contributed by atoms with Crippen molar-refractivity contribution in [3.05, 3.63) is 30.1 Å². The van der Waals surface area contributed by atoms with Gasteiger partial charge in [-0.3, -0.25) is 9.78 Å². The summed E-state index contributed by atoms with van der Waals surface area (Å²) in [7, 11) is 0. The van der Waals surface area contributed by atoms with E-state index in [2.05, 4.69) is 4.98 Å². The lowest BCUT2D eigenvalue weighted by molar-refractivity contribution is -0.145. The predicted molar refractivity (Wildman–Crippen MR) is 53.9 cm³/mol. The Labute approximate surface area is 84.1 Å². The summed E-state index contributed by atoms with van der Waals surface area (Å²) >= 11 is 0. The second kappa shape index (κ2) is 5.37. The average molecular weight is 193 g/mol. The number of ether oxygens (including phenoxy) is 1. The fraction of sp³-hybridized carbons (Fsp3) is 0.455. The molecule has 1 rings (SSSR count). The molecule has 0 amide bonds. The molecule has 1 unspecified atom stereocenters. The summed E-state index contributed by atoms with van der Waals surface area (Å²) < 4.78 is 4.97. The van der Waals surface area contributed by atoms with E-state index in [-0.39, 0.29) is 11.9 Å². The Kier molecular flexibility index (Phi) is 4.11. The maximum absolute atomic E-state index is 11.5. The minimum atomic E-state index is -0.226. The van der Waals surface area contributed by atoms with Crippen LogP contribution in [0.2, 0.25) is 0 Å². The van der Waals surface area contributed by atoms with Crippen LogP contribution >= 0.6 is 0 Å². The van der Waals surface area contributed by atoms with Gasteiger partial charge in [-0.05, 0) is 25.5 Å². The van der Waals surface area contributed by atoms with Gasteiger partial charge in [-0.2, -0.15) is 0 Å². The minimum absolute atomic E-state index is 0.186. The molecule has 76 valence electrons. The Hall–Kier alpha value is -1.38. The van der Waals surface area contributed by atoms with Gasteiger partial charge in [0.25, 0.3) is 0 Å². The third-order valence-corrected chi connectivity index (χ3v) is 2.02. The molecule has 0 bridgehead atoms. The summed E-state index contributed by atoms with van der Waals surface area (Å²) in [6, 6.07) is 5.57. The van der Waals surface area contributed by atoms with Crippen molar-refractivity contribution in [2.45, 2.75) is 26.2 Å². The number of hydrogen-bond donors (Lipinski definition) is 0. The zero-order valence-electron chi connectivity index (χ0n) is 8.56. The monoisotopic (exact) mass is 193 g/mol. The van der Waals surface area contributed by atoms with Crippen LogP contribution in [0.1, 0.15) is 31.9 Å². The lowest BCUT2D eigenvalue weighted by Gasteiger charge is -2.12. The van der Waals surface area contributed by atoms with Gasteiger partial charge in [0.15, 0.2) is 0 Å². The van der Waals surface area contributed by atoms with Crippen LogP contribution in [0, 0.1) is 0 Å². The molecule has 0 spiro atoms. The van der Waals surface area contributed by atoms with Crippen molar-refractivity contribution < 1.29 is 9.53 Å². The van der Waals surface area contributed by atoms with Crippen molar-refractivity contribution in [1.82, 2.24) is 4.98 Å². The highest BCUT2D eigenvalue weighted by Gasteiger charge is 2.20. The van der Waals surface area contributed by atoms with Crippen LogP contribution in [-0.4, -0.2) is 17.6 Å². The van der Waals surface area contributed by atoms with Crippen LogP contribution < -0.4 is 0 Å². The van der Waals surface area contributed by atoms with Crippen LogP contribution in [0.4, 0.5) is 0 Å². The standard InChI is InChI=1S/C11H15NO2/c1-3-9(11(13)14-4-2)10-7-5-6-8-12-10/h5-9H,3-4H2,1-2H3. The number of esters is 1. The van der Waals surface area contributed by atoms with Crippen molar-refractivity contribution in [3.63, 3.8) is 0 Å². The molecular weight excluding hydrogens is 178 g/mol. The van der Waals surface area contributed by atoms with Gasteiger partial charge in [0.2, 0.25) is 0 Å². The van der Waals surface area contributed by atoms with Crippen molar-refractivity contribution in [2.75, 3.05) is 6.61 Å². The first-order valence-corrected chi connectivity index (χ1v) is 4.87. The molecule has 0 aliphatic heterocycles. The SMILES string of the molecule is CCOC(=O)C(CC)c1ccccn1. The number of carbonyl (C=O) groups excluding carboxylic acids is 1.